The van der Waals surface area contributed by atoms with E-state index in [0.717, 1.165) is 52.3 Å². The second-order valence-electron chi connectivity index (χ2n) is 8.68. The van der Waals surface area contributed by atoms with Gasteiger partial charge in [-0.2, -0.15) is 0 Å². The van der Waals surface area contributed by atoms with Crippen LogP contribution in [0.2, 0.25) is 0 Å². The van der Waals surface area contributed by atoms with Crippen LogP contribution in [0.4, 0.5) is 0 Å². The lowest BCUT2D eigenvalue weighted by Gasteiger charge is -3.18. The zero-order chi connectivity index (χ0) is 9.87. The third-order valence-corrected chi connectivity index (χ3v) is 10.3. The van der Waals surface area contributed by atoms with Gasteiger partial charge in [-0.25, -0.2) is 0 Å². The highest BCUT2D eigenvalue weighted by molar-refractivity contribution is 5.65. The lowest BCUT2D eigenvalue weighted by molar-refractivity contribution is -0.738. The summed E-state index contributed by atoms with van der Waals surface area (Å²) in [6.45, 7) is 0. The lowest BCUT2D eigenvalue weighted by Crippen LogP contribution is -3.19. The molecule has 0 amide bonds. The van der Waals surface area contributed by atoms with Gasteiger partial charge < -0.3 is 5.11 Å². The molecule has 8 atom stereocenters. The average molecular weight is 212 g/mol. The summed E-state index contributed by atoms with van der Waals surface area (Å²) in [6, 6.07) is 0. The Morgan fingerprint density at radius 3 is 1.88 bits per heavy atom. The zero-order valence-corrected chi connectivity index (χ0v) is 9.32. The maximum atomic E-state index is 11.2. The number of fused-ring (bicyclic) bond motifs is 4. The fraction of sp³-hybridized carbons (Fsp3) is 1.00. The Kier molecular flexibility index (Phi) is 0.515. The second kappa shape index (κ2) is 1.22. The van der Waals surface area contributed by atoms with Crippen molar-refractivity contribution in [1.29, 1.82) is 0 Å². The Morgan fingerprint density at radius 1 is 0.812 bits per heavy atom. The summed E-state index contributed by atoms with van der Waals surface area (Å²) in [5.74, 6) is 7.08. The number of hydrogen-bond donors (Lipinski definition) is 1. The minimum atomic E-state index is -0.0848. The number of hydrogen-bond acceptors (Lipinski definition) is 1. The van der Waals surface area contributed by atoms with Crippen LogP contribution in [0.3, 0.4) is 0 Å². The van der Waals surface area contributed by atoms with Crippen molar-refractivity contribution in [3.8, 4) is 0 Å². The first kappa shape index (κ1) is 6.78. The van der Waals surface area contributed by atoms with Gasteiger partial charge in [-0.1, -0.05) is 0 Å². The maximum Gasteiger partial charge on any atom is 0.0785 e. The maximum absolute atomic E-state index is 11.2. The van der Waals surface area contributed by atoms with Crippen molar-refractivity contribution in [1.82, 2.24) is 0 Å². The van der Waals surface area contributed by atoms with E-state index < -0.39 is 0 Å². The average Bonchev–Trinajstić information content (AvgIpc) is 2.18. The van der Waals surface area contributed by atoms with Crippen LogP contribution in [0.5, 0.6) is 0 Å². The van der Waals surface area contributed by atoms with Gasteiger partial charge in [0.2, 0.25) is 0 Å². The van der Waals surface area contributed by atoms with E-state index in [9.17, 15) is 5.11 Å². The SMILES string of the molecule is OC12C3CC4CC5C6C7CC8CC1C87C62C453. The van der Waals surface area contributed by atoms with Gasteiger partial charge in [0.05, 0.1) is 5.60 Å². The Bertz CT molecular complexity index is 498. The predicted octanol–water partition coefficient (Wildman–Crippen LogP) is 1.66. The van der Waals surface area contributed by atoms with Crippen LogP contribution in [-0.2, 0) is 0 Å². The van der Waals surface area contributed by atoms with Crippen LogP contribution in [0, 0.1) is 57.7 Å². The van der Waals surface area contributed by atoms with E-state index in [0.29, 0.717) is 5.41 Å². The van der Waals surface area contributed by atoms with Crippen LogP contribution in [0.1, 0.15) is 25.7 Å². The smallest absolute Gasteiger partial charge is 0.0785 e. The van der Waals surface area contributed by atoms with E-state index in [4.69, 9.17) is 0 Å². The molecule has 82 valence electrons. The normalized spacial score (nSPS) is 101. The van der Waals surface area contributed by atoms with Crippen molar-refractivity contribution in [2.24, 2.45) is 57.7 Å². The molecule has 8 unspecified atom stereocenters. The topological polar surface area (TPSA) is 20.2 Å². The molecule has 0 heterocycles. The van der Waals surface area contributed by atoms with E-state index in [1.165, 1.54) is 12.8 Å². The van der Waals surface area contributed by atoms with Crippen molar-refractivity contribution in [2.75, 3.05) is 0 Å². The molecule has 1 nitrogen and oxygen atoms in total. The van der Waals surface area contributed by atoms with E-state index in [1.807, 2.05) is 0 Å². The van der Waals surface area contributed by atoms with Gasteiger partial charge in [0.25, 0.3) is 0 Å². The van der Waals surface area contributed by atoms with Crippen molar-refractivity contribution >= 4 is 0 Å². The highest BCUT2D eigenvalue weighted by atomic mass is 16.3. The highest BCUT2D eigenvalue weighted by Crippen LogP contribution is 3.18. The first-order valence-corrected chi connectivity index (χ1v) is 7.50. The summed E-state index contributed by atoms with van der Waals surface area (Å²) >= 11 is 0. The molecular formula is C15H16O. The molecule has 0 aliphatic heterocycles. The summed E-state index contributed by atoms with van der Waals surface area (Å²) in [7, 11) is 0. The fourth-order valence-corrected chi connectivity index (χ4v) is 11.0. The minimum absolute atomic E-state index is 0.0848. The summed E-state index contributed by atoms with van der Waals surface area (Å²) in [5.41, 5.74) is 2.08. The van der Waals surface area contributed by atoms with Gasteiger partial charge in [0.1, 0.15) is 0 Å². The molecule has 8 rings (SSSR count). The van der Waals surface area contributed by atoms with Crippen molar-refractivity contribution < 1.29 is 5.11 Å². The highest BCUT2D eigenvalue weighted by Gasteiger charge is 3.18. The molecule has 8 fully saturated rings. The predicted molar refractivity (Wildman–Crippen MR) is 55.1 cm³/mol. The molecule has 0 aromatic carbocycles. The van der Waals surface area contributed by atoms with Crippen LogP contribution in [0.25, 0.3) is 0 Å². The standard InChI is InChI=1S/C15H16O/c16-14-9-3-5-1-7-11-8-2-6-4-10(14)13(6,8)15(11,14)12(5,7)9/h5-11,16H,1-4H2. The van der Waals surface area contributed by atoms with E-state index in [2.05, 4.69) is 0 Å². The molecule has 8 saturated carbocycles. The molecule has 8 aliphatic rings. The first-order valence-electron chi connectivity index (χ1n) is 7.50. The quantitative estimate of drug-likeness (QED) is 0.647. The summed E-state index contributed by atoms with van der Waals surface area (Å²) in [4.78, 5) is 0. The first-order chi connectivity index (χ1) is 7.78. The second-order valence-corrected chi connectivity index (χ2v) is 8.68. The molecule has 8 aliphatic carbocycles. The number of rotatable bonds is 0. The molecule has 0 saturated heterocycles. The third kappa shape index (κ3) is 0.213. The van der Waals surface area contributed by atoms with Crippen molar-refractivity contribution in [2.45, 2.75) is 31.3 Å². The molecule has 0 radical (unpaired) electrons. The van der Waals surface area contributed by atoms with Gasteiger partial charge >= 0.3 is 0 Å². The summed E-state index contributed by atoms with van der Waals surface area (Å²) in [5, 5.41) is 11.2. The third-order valence-electron chi connectivity index (χ3n) is 10.3. The van der Waals surface area contributed by atoms with Crippen LogP contribution in [0.15, 0.2) is 0 Å². The van der Waals surface area contributed by atoms with Gasteiger partial charge in [-0.15, -0.1) is 0 Å². The minimum Gasteiger partial charge on any atom is -0.389 e. The molecule has 0 bridgehead atoms. The van der Waals surface area contributed by atoms with E-state index >= 15 is 0 Å². The molecule has 1 heteroatoms. The largest absolute Gasteiger partial charge is 0.389 e. The molecular weight excluding hydrogens is 196 g/mol. The molecule has 1 N–H and O–H groups in total. The Hall–Kier alpha value is -0.0400. The Morgan fingerprint density at radius 2 is 1.38 bits per heavy atom. The van der Waals surface area contributed by atoms with Crippen molar-refractivity contribution in [3.05, 3.63) is 0 Å². The van der Waals surface area contributed by atoms with Crippen LogP contribution >= 0.6 is 0 Å². The molecule has 3 spiro atoms. The monoisotopic (exact) mass is 212 g/mol. The van der Waals surface area contributed by atoms with Gasteiger partial charge in [0, 0.05) is 5.41 Å². The Balaban J connectivity index is 1.53. The van der Waals surface area contributed by atoms with E-state index in [1.54, 1.807) is 12.8 Å². The summed E-state index contributed by atoms with van der Waals surface area (Å²) in [6.07, 6.45) is 5.98. The van der Waals surface area contributed by atoms with Crippen LogP contribution < -0.4 is 0 Å². The zero-order valence-electron chi connectivity index (χ0n) is 9.32. The van der Waals surface area contributed by atoms with Crippen LogP contribution in [-0.4, -0.2) is 10.7 Å². The molecule has 0 aromatic heterocycles. The van der Waals surface area contributed by atoms with Gasteiger partial charge in [-0.3, -0.25) is 0 Å². The van der Waals surface area contributed by atoms with Gasteiger partial charge in [0.15, 0.2) is 0 Å². The van der Waals surface area contributed by atoms with Crippen molar-refractivity contribution in [3.63, 3.8) is 0 Å². The molecule has 0 aromatic rings. The fourth-order valence-electron chi connectivity index (χ4n) is 11.0. The lowest BCUT2D eigenvalue weighted by atomic mass is 8.85. The molecule has 16 heavy (non-hydrogen) atoms. The number of aliphatic hydroxyl groups is 1. The summed E-state index contributed by atoms with van der Waals surface area (Å²) < 4.78 is 0. The Labute approximate surface area is 94.6 Å². The van der Waals surface area contributed by atoms with E-state index in [-0.39, 0.29) is 5.60 Å². The van der Waals surface area contributed by atoms with Gasteiger partial charge in [-0.05, 0) is 77.9 Å².